The number of likely N-dealkylation sites (tertiary alicyclic amines) is 1. The highest BCUT2D eigenvalue weighted by Gasteiger charge is 2.28. The highest BCUT2D eigenvalue weighted by molar-refractivity contribution is 7.99. The van der Waals surface area contributed by atoms with Crippen LogP contribution in [0.3, 0.4) is 0 Å². The minimum Gasteiger partial charge on any atom is -0.348 e. The molecule has 0 aromatic carbocycles. The smallest absolute Gasteiger partial charge is 0.309 e. The largest absolute Gasteiger partial charge is 0.348 e. The maximum Gasteiger partial charge on any atom is 0.309 e. The second kappa shape index (κ2) is 8.38. The number of hydrogen-bond donors (Lipinski definition) is 2. The summed E-state index contributed by atoms with van der Waals surface area (Å²) < 4.78 is 0. The number of carbonyl (C=O) groups excluding carboxylic acids is 2. The van der Waals surface area contributed by atoms with Gasteiger partial charge in [0.15, 0.2) is 0 Å². The third-order valence-electron chi connectivity index (χ3n) is 5.52. The van der Waals surface area contributed by atoms with Crippen molar-refractivity contribution in [2.45, 2.75) is 57.0 Å². The first-order chi connectivity index (χ1) is 11.2. The second-order valence-electron chi connectivity index (χ2n) is 7.16. The van der Waals surface area contributed by atoms with Gasteiger partial charge in [0.1, 0.15) is 0 Å². The molecule has 2 amide bonds. The SMILES string of the molecule is O=C(NCC1CCN(C2CCSC2)CC1)C(=O)NC1CCCC1. The number of nitrogens with zero attached hydrogens (tertiary/aromatic N) is 1. The summed E-state index contributed by atoms with van der Waals surface area (Å²) in [5.74, 6) is 2.20. The van der Waals surface area contributed by atoms with Gasteiger partial charge >= 0.3 is 11.8 Å². The molecule has 1 unspecified atom stereocenters. The van der Waals surface area contributed by atoms with Gasteiger partial charge in [-0.25, -0.2) is 0 Å². The van der Waals surface area contributed by atoms with Crippen molar-refractivity contribution >= 4 is 23.6 Å². The van der Waals surface area contributed by atoms with Crippen molar-refractivity contribution in [3.8, 4) is 0 Å². The number of rotatable bonds is 4. The molecule has 0 aromatic heterocycles. The maximum atomic E-state index is 11.9. The van der Waals surface area contributed by atoms with Crippen LogP contribution in [0.1, 0.15) is 44.9 Å². The van der Waals surface area contributed by atoms with Crippen molar-refractivity contribution < 1.29 is 9.59 Å². The first-order valence-corrected chi connectivity index (χ1v) is 10.3. The predicted molar refractivity (Wildman–Crippen MR) is 93.4 cm³/mol. The van der Waals surface area contributed by atoms with E-state index in [0.29, 0.717) is 12.5 Å². The zero-order valence-electron chi connectivity index (χ0n) is 13.9. The molecule has 23 heavy (non-hydrogen) atoms. The summed E-state index contributed by atoms with van der Waals surface area (Å²) in [4.78, 5) is 26.4. The Morgan fingerprint density at radius 3 is 2.39 bits per heavy atom. The van der Waals surface area contributed by atoms with Crippen LogP contribution in [0.2, 0.25) is 0 Å². The van der Waals surface area contributed by atoms with E-state index in [2.05, 4.69) is 27.3 Å². The number of piperidine rings is 1. The molecule has 1 aliphatic carbocycles. The molecule has 6 heteroatoms. The van der Waals surface area contributed by atoms with Crippen LogP contribution >= 0.6 is 11.8 Å². The van der Waals surface area contributed by atoms with Crippen LogP contribution in [0, 0.1) is 5.92 Å². The second-order valence-corrected chi connectivity index (χ2v) is 8.31. The average Bonchev–Trinajstić information content (AvgIpc) is 3.26. The Morgan fingerprint density at radius 1 is 1.00 bits per heavy atom. The van der Waals surface area contributed by atoms with Gasteiger partial charge in [-0.15, -0.1) is 0 Å². The van der Waals surface area contributed by atoms with Crippen molar-refractivity contribution in [3.05, 3.63) is 0 Å². The number of nitrogens with one attached hydrogen (secondary N) is 2. The van der Waals surface area contributed by atoms with Crippen LogP contribution in [0.4, 0.5) is 0 Å². The third kappa shape index (κ3) is 4.86. The van der Waals surface area contributed by atoms with E-state index < -0.39 is 11.8 Å². The molecule has 3 fully saturated rings. The molecule has 1 atom stereocenters. The lowest BCUT2D eigenvalue weighted by atomic mass is 9.95. The van der Waals surface area contributed by atoms with E-state index >= 15 is 0 Å². The molecule has 2 aliphatic heterocycles. The minimum atomic E-state index is -0.452. The summed E-state index contributed by atoms with van der Waals surface area (Å²) in [6.45, 7) is 2.92. The molecule has 2 heterocycles. The Labute approximate surface area is 143 Å². The Hall–Kier alpha value is -0.750. The Bertz CT molecular complexity index is 412. The van der Waals surface area contributed by atoms with E-state index in [1.807, 2.05) is 0 Å². The molecule has 1 saturated carbocycles. The fourth-order valence-corrected chi connectivity index (χ4v) is 5.23. The molecule has 3 aliphatic rings. The topological polar surface area (TPSA) is 61.4 Å². The van der Waals surface area contributed by atoms with Gasteiger partial charge in [0.25, 0.3) is 0 Å². The molecule has 130 valence electrons. The lowest BCUT2D eigenvalue weighted by Gasteiger charge is -2.35. The molecular formula is C17H29N3O2S. The quantitative estimate of drug-likeness (QED) is 0.760. The number of hydrogen-bond acceptors (Lipinski definition) is 4. The lowest BCUT2D eigenvalue weighted by Crippen LogP contribution is -2.47. The van der Waals surface area contributed by atoms with Crippen LogP contribution in [-0.2, 0) is 9.59 Å². The van der Waals surface area contributed by atoms with Crippen molar-refractivity contribution in [1.29, 1.82) is 0 Å². The molecule has 2 saturated heterocycles. The van der Waals surface area contributed by atoms with Gasteiger partial charge in [0, 0.05) is 24.4 Å². The van der Waals surface area contributed by atoms with Gasteiger partial charge in [-0.1, -0.05) is 12.8 Å². The first kappa shape index (κ1) is 17.1. The molecule has 5 nitrogen and oxygen atoms in total. The molecular weight excluding hydrogens is 310 g/mol. The van der Waals surface area contributed by atoms with Crippen LogP contribution in [0.15, 0.2) is 0 Å². The summed E-state index contributed by atoms with van der Waals surface area (Å²) in [5.41, 5.74) is 0. The van der Waals surface area contributed by atoms with Crippen molar-refractivity contribution in [1.82, 2.24) is 15.5 Å². The van der Waals surface area contributed by atoms with Crippen molar-refractivity contribution in [2.24, 2.45) is 5.92 Å². The average molecular weight is 340 g/mol. The van der Waals surface area contributed by atoms with Crippen LogP contribution < -0.4 is 10.6 Å². The summed E-state index contributed by atoms with van der Waals surface area (Å²) in [7, 11) is 0. The van der Waals surface area contributed by atoms with Gasteiger partial charge < -0.3 is 10.6 Å². The van der Waals surface area contributed by atoms with Crippen molar-refractivity contribution in [2.75, 3.05) is 31.1 Å². The van der Waals surface area contributed by atoms with Crippen LogP contribution in [-0.4, -0.2) is 59.9 Å². The monoisotopic (exact) mass is 339 g/mol. The molecule has 3 rings (SSSR count). The summed E-state index contributed by atoms with van der Waals surface area (Å²) in [5, 5.41) is 5.69. The Kier molecular flexibility index (Phi) is 6.22. The highest BCUT2D eigenvalue weighted by Crippen LogP contribution is 2.26. The van der Waals surface area contributed by atoms with Gasteiger partial charge in [0.05, 0.1) is 0 Å². The molecule has 0 spiro atoms. The fourth-order valence-electron chi connectivity index (χ4n) is 3.97. The minimum absolute atomic E-state index is 0.209. The maximum absolute atomic E-state index is 11.9. The molecule has 0 radical (unpaired) electrons. The Balaban J connectivity index is 1.32. The standard InChI is InChI=1S/C17H29N3O2S/c21-16(17(22)19-14-3-1-2-4-14)18-11-13-5-8-20(9-6-13)15-7-10-23-12-15/h13-15H,1-12H2,(H,18,21)(H,19,22). The van der Waals surface area contributed by atoms with E-state index in [9.17, 15) is 9.59 Å². The zero-order valence-corrected chi connectivity index (χ0v) is 14.7. The van der Waals surface area contributed by atoms with Crippen molar-refractivity contribution in [3.63, 3.8) is 0 Å². The Morgan fingerprint density at radius 2 is 1.74 bits per heavy atom. The number of amides is 2. The highest BCUT2D eigenvalue weighted by atomic mass is 32.2. The van der Waals surface area contributed by atoms with Crippen LogP contribution in [0.25, 0.3) is 0 Å². The molecule has 2 N–H and O–H groups in total. The zero-order chi connectivity index (χ0) is 16.1. The van der Waals surface area contributed by atoms with E-state index in [1.54, 1.807) is 0 Å². The van der Waals surface area contributed by atoms with Gasteiger partial charge in [-0.05, 0) is 56.9 Å². The van der Waals surface area contributed by atoms with Gasteiger partial charge in [0.2, 0.25) is 0 Å². The van der Waals surface area contributed by atoms with E-state index in [-0.39, 0.29) is 6.04 Å². The lowest BCUT2D eigenvalue weighted by molar-refractivity contribution is -0.139. The fraction of sp³-hybridized carbons (Fsp3) is 0.882. The van der Waals surface area contributed by atoms with Gasteiger partial charge in [-0.3, -0.25) is 14.5 Å². The third-order valence-corrected chi connectivity index (χ3v) is 6.66. The predicted octanol–water partition coefficient (Wildman–Crippen LogP) is 1.38. The summed E-state index contributed by atoms with van der Waals surface area (Å²) >= 11 is 2.06. The normalized spacial score (nSPS) is 27.2. The van der Waals surface area contributed by atoms with Gasteiger partial charge in [-0.2, -0.15) is 11.8 Å². The van der Waals surface area contributed by atoms with E-state index in [0.717, 1.165) is 57.7 Å². The van der Waals surface area contributed by atoms with Crippen LogP contribution in [0.5, 0.6) is 0 Å². The number of thioether (sulfide) groups is 1. The van der Waals surface area contributed by atoms with E-state index in [1.165, 1.54) is 17.9 Å². The number of carbonyl (C=O) groups is 2. The first-order valence-electron chi connectivity index (χ1n) is 9.13. The summed E-state index contributed by atoms with van der Waals surface area (Å²) in [6, 6.07) is 0.980. The molecule has 0 aromatic rings. The molecule has 0 bridgehead atoms. The summed E-state index contributed by atoms with van der Waals surface area (Å²) in [6.07, 6.45) is 7.92. The van der Waals surface area contributed by atoms with E-state index in [4.69, 9.17) is 0 Å².